The predicted molar refractivity (Wildman–Crippen MR) is 71.7 cm³/mol. The molecule has 0 amide bonds. The zero-order valence-corrected chi connectivity index (χ0v) is 11.0. The lowest BCUT2D eigenvalue weighted by Crippen LogP contribution is -2.03. The number of aromatic nitrogens is 3. The number of rotatable bonds is 1. The summed E-state index contributed by atoms with van der Waals surface area (Å²) in [6, 6.07) is 1.62. The highest BCUT2D eigenvalue weighted by atomic mass is 35.5. The number of fused-ring (bicyclic) bond motifs is 1. The molecule has 0 aliphatic heterocycles. The third-order valence-electron chi connectivity index (χ3n) is 2.98. The number of anilines is 1. The van der Waals surface area contributed by atoms with E-state index >= 15 is 0 Å². The van der Waals surface area contributed by atoms with Gasteiger partial charge < -0.3 is 5.73 Å². The second-order valence-corrected chi connectivity index (χ2v) is 5.04. The molecule has 2 aromatic heterocycles. The molecule has 0 spiro atoms. The molecule has 6 heteroatoms. The lowest BCUT2D eigenvalue weighted by atomic mass is 10.2. The number of aryl methyl sites for hydroxylation is 1. The summed E-state index contributed by atoms with van der Waals surface area (Å²) in [6.07, 6.45) is 4.47. The molecule has 1 aliphatic rings. The number of nitrogens with zero attached hydrogens (tertiary/aromatic N) is 3. The Morgan fingerprint density at radius 1 is 1.17 bits per heavy atom. The van der Waals surface area contributed by atoms with Gasteiger partial charge in [0, 0.05) is 17.5 Å². The second kappa shape index (κ2) is 4.37. The molecule has 18 heavy (non-hydrogen) atoms. The first-order chi connectivity index (χ1) is 8.65. The van der Waals surface area contributed by atoms with Gasteiger partial charge in [0.25, 0.3) is 0 Å². The average Bonchev–Trinajstić information content (AvgIpc) is 2.77. The predicted octanol–water partition coefficient (Wildman–Crippen LogP) is 2.92. The summed E-state index contributed by atoms with van der Waals surface area (Å²) in [5.41, 5.74) is 8.52. The van der Waals surface area contributed by atoms with Gasteiger partial charge in [-0.15, -0.1) is 0 Å². The molecule has 4 nitrogen and oxygen atoms in total. The largest absolute Gasteiger partial charge is 0.383 e. The van der Waals surface area contributed by atoms with Crippen molar-refractivity contribution in [3.05, 3.63) is 33.6 Å². The standard InChI is InChI=1S/C12H10Cl2N4/c13-6-4-8(14)10(16-5-6)12-17-9-3-1-2-7(9)11(15)18-12/h4-5H,1-3H2,(H2,15,17,18). The zero-order valence-electron chi connectivity index (χ0n) is 9.45. The molecule has 3 rings (SSSR count). The van der Waals surface area contributed by atoms with Crippen LogP contribution in [0.3, 0.4) is 0 Å². The third kappa shape index (κ3) is 1.91. The Morgan fingerprint density at radius 2 is 2.00 bits per heavy atom. The highest BCUT2D eigenvalue weighted by Gasteiger charge is 2.19. The Hall–Kier alpha value is -1.39. The van der Waals surface area contributed by atoms with Crippen LogP contribution in [0.4, 0.5) is 5.82 Å². The summed E-state index contributed by atoms with van der Waals surface area (Å²) in [6.45, 7) is 0. The van der Waals surface area contributed by atoms with Crippen LogP contribution in [0.2, 0.25) is 10.0 Å². The van der Waals surface area contributed by atoms with E-state index in [-0.39, 0.29) is 0 Å². The minimum absolute atomic E-state index is 0.430. The molecule has 0 aromatic carbocycles. The van der Waals surface area contributed by atoms with Crippen molar-refractivity contribution < 1.29 is 0 Å². The molecule has 92 valence electrons. The lowest BCUT2D eigenvalue weighted by molar-refractivity contribution is 0.900. The van der Waals surface area contributed by atoms with Crippen molar-refractivity contribution in [1.29, 1.82) is 0 Å². The maximum absolute atomic E-state index is 6.10. The number of pyridine rings is 1. The van der Waals surface area contributed by atoms with Crippen molar-refractivity contribution in [2.24, 2.45) is 0 Å². The van der Waals surface area contributed by atoms with Crippen molar-refractivity contribution in [3.63, 3.8) is 0 Å². The quantitative estimate of drug-likeness (QED) is 0.872. The fourth-order valence-corrected chi connectivity index (χ4v) is 2.61. The van der Waals surface area contributed by atoms with Crippen LogP contribution in [0.15, 0.2) is 12.3 Å². The van der Waals surface area contributed by atoms with E-state index in [2.05, 4.69) is 15.0 Å². The van der Waals surface area contributed by atoms with Crippen LogP contribution in [0.5, 0.6) is 0 Å². The first-order valence-corrected chi connectivity index (χ1v) is 6.37. The van der Waals surface area contributed by atoms with Gasteiger partial charge in [0.1, 0.15) is 11.5 Å². The van der Waals surface area contributed by atoms with Crippen molar-refractivity contribution in [3.8, 4) is 11.5 Å². The Bertz CT molecular complexity index is 628. The molecular formula is C12H10Cl2N4. The van der Waals surface area contributed by atoms with Gasteiger partial charge in [-0.3, -0.25) is 0 Å². The van der Waals surface area contributed by atoms with E-state index < -0.39 is 0 Å². The average molecular weight is 281 g/mol. The van der Waals surface area contributed by atoms with Crippen LogP contribution in [0, 0.1) is 0 Å². The van der Waals surface area contributed by atoms with Gasteiger partial charge in [-0.05, 0) is 25.3 Å². The smallest absolute Gasteiger partial charge is 0.181 e. The minimum atomic E-state index is 0.430. The van der Waals surface area contributed by atoms with E-state index in [9.17, 15) is 0 Å². The van der Waals surface area contributed by atoms with Gasteiger partial charge in [0.15, 0.2) is 5.82 Å². The first-order valence-electron chi connectivity index (χ1n) is 5.62. The van der Waals surface area contributed by atoms with E-state index in [1.165, 1.54) is 6.20 Å². The summed E-state index contributed by atoms with van der Waals surface area (Å²) in [7, 11) is 0. The monoisotopic (exact) mass is 280 g/mol. The van der Waals surface area contributed by atoms with Crippen molar-refractivity contribution >= 4 is 29.0 Å². The van der Waals surface area contributed by atoms with E-state index in [0.29, 0.717) is 27.4 Å². The van der Waals surface area contributed by atoms with E-state index in [0.717, 1.165) is 30.5 Å². The highest BCUT2D eigenvalue weighted by molar-refractivity contribution is 6.35. The zero-order chi connectivity index (χ0) is 12.7. The molecule has 0 bridgehead atoms. The van der Waals surface area contributed by atoms with Gasteiger partial charge in [-0.25, -0.2) is 15.0 Å². The van der Waals surface area contributed by atoms with Crippen LogP contribution in [0.25, 0.3) is 11.5 Å². The molecule has 0 fully saturated rings. The van der Waals surface area contributed by atoms with E-state index in [4.69, 9.17) is 28.9 Å². The Balaban J connectivity index is 2.15. The van der Waals surface area contributed by atoms with Crippen LogP contribution in [-0.2, 0) is 12.8 Å². The molecule has 2 N–H and O–H groups in total. The maximum Gasteiger partial charge on any atom is 0.181 e. The molecule has 0 radical (unpaired) electrons. The number of nitrogen functional groups attached to an aromatic ring is 1. The fraction of sp³-hybridized carbons (Fsp3) is 0.250. The van der Waals surface area contributed by atoms with Crippen molar-refractivity contribution in [2.75, 3.05) is 5.73 Å². The Kier molecular flexibility index (Phi) is 2.84. The number of halogens is 2. The number of hydrogen-bond donors (Lipinski definition) is 1. The summed E-state index contributed by atoms with van der Waals surface area (Å²) >= 11 is 11.9. The summed E-state index contributed by atoms with van der Waals surface area (Å²) in [5, 5.41) is 0.915. The SMILES string of the molecule is Nc1nc(-c2ncc(Cl)cc2Cl)nc2c1CCC2. The molecule has 1 aliphatic carbocycles. The molecule has 2 heterocycles. The molecule has 0 atom stereocenters. The van der Waals surface area contributed by atoms with Gasteiger partial charge in [-0.2, -0.15) is 0 Å². The third-order valence-corrected chi connectivity index (χ3v) is 3.48. The van der Waals surface area contributed by atoms with Gasteiger partial charge in [0.2, 0.25) is 0 Å². The molecule has 0 saturated carbocycles. The molecular weight excluding hydrogens is 271 g/mol. The normalized spacial score (nSPS) is 13.7. The molecule has 2 aromatic rings. The van der Waals surface area contributed by atoms with Crippen LogP contribution < -0.4 is 5.73 Å². The van der Waals surface area contributed by atoms with Gasteiger partial charge >= 0.3 is 0 Å². The van der Waals surface area contributed by atoms with Crippen LogP contribution in [0.1, 0.15) is 17.7 Å². The highest BCUT2D eigenvalue weighted by Crippen LogP contribution is 2.30. The lowest BCUT2D eigenvalue weighted by Gasteiger charge is -2.07. The Morgan fingerprint density at radius 3 is 2.78 bits per heavy atom. The van der Waals surface area contributed by atoms with Gasteiger partial charge in [0.05, 0.1) is 10.0 Å². The number of nitrogens with two attached hydrogens (primary N) is 1. The summed E-state index contributed by atoms with van der Waals surface area (Å²) in [4.78, 5) is 12.9. The second-order valence-electron chi connectivity index (χ2n) is 4.20. The van der Waals surface area contributed by atoms with Crippen molar-refractivity contribution in [2.45, 2.75) is 19.3 Å². The molecule has 0 saturated heterocycles. The van der Waals surface area contributed by atoms with E-state index in [1.807, 2.05) is 0 Å². The molecule has 0 unspecified atom stereocenters. The topological polar surface area (TPSA) is 64.7 Å². The Labute approximate surface area is 114 Å². The summed E-state index contributed by atoms with van der Waals surface area (Å²) < 4.78 is 0. The summed E-state index contributed by atoms with van der Waals surface area (Å²) in [5.74, 6) is 0.995. The fourth-order valence-electron chi connectivity index (χ4n) is 2.15. The minimum Gasteiger partial charge on any atom is -0.383 e. The van der Waals surface area contributed by atoms with E-state index in [1.54, 1.807) is 6.07 Å². The first kappa shape index (κ1) is 11.7. The van der Waals surface area contributed by atoms with Crippen molar-refractivity contribution in [1.82, 2.24) is 15.0 Å². The maximum atomic E-state index is 6.10. The van der Waals surface area contributed by atoms with Crippen LogP contribution in [-0.4, -0.2) is 15.0 Å². The van der Waals surface area contributed by atoms with Crippen LogP contribution >= 0.6 is 23.2 Å². The number of hydrogen-bond acceptors (Lipinski definition) is 4. The van der Waals surface area contributed by atoms with Gasteiger partial charge in [-0.1, -0.05) is 23.2 Å².